The molecule has 0 N–H and O–H groups in total. The van der Waals surface area contributed by atoms with Gasteiger partial charge in [0.2, 0.25) is 5.91 Å². The van der Waals surface area contributed by atoms with Gasteiger partial charge in [0, 0.05) is 44.6 Å². The van der Waals surface area contributed by atoms with Crippen LogP contribution in [0.1, 0.15) is 23.1 Å². The second-order valence-corrected chi connectivity index (χ2v) is 7.60. The Labute approximate surface area is 166 Å². The van der Waals surface area contributed by atoms with Gasteiger partial charge < -0.3 is 9.80 Å². The van der Waals surface area contributed by atoms with Gasteiger partial charge in [0.1, 0.15) is 11.9 Å². The molecule has 0 aliphatic carbocycles. The van der Waals surface area contributed by atoms with Gasteiger partial charge in [-0.25, -0.2) is 4.98 Å². The highest BCUT2D eigenvalue weighted by atomic mass is 16.2. The van der Waals surface area contributed by atoms with Gasteiger partial charge in [0.25, 0.3) is 0 Å². The topological polar surface area (TPSA) is 63.5 Å². The molecular formula is C22H25N5O. The second-order valence-electron chi connectivity index (χ2n) is 7.60. The first-order valence-electron chi connectivity index (χ1n) is 9.80. The highest BCUT2D eigenvalue weighted by molar-refractivity contribution is 5.99. The zero-order valence-electron chi connectivity index (χ0n) is 16.4. The molecule has 1 aromatic carbocycles. The molecule has 2 aromatic rings. The molecule has 0 spiro atoms. The van der Waals surface area contributed by atoms with Gasteiger partial charge >= 0.3 is 0 Å². The molecule has 0 bridgehead atoms. The first-order valence-corrected chi connectivity index (χ1v) is 9.80. The van der Waals surface area contributed by atoms with Crippen molar-refractivity contribution in [3.8, 4) is 6.07 Å². The minimum atomic E-state index is -0.0299. The van der Waals surface area contributed by atoms with Gasteiger partial charge in [-0.2, -0.15) is 5.26 Å². The number of pyridine rings is 1. The van der Waals surface area contributed by atoms with Crippen LogP contribution in [0.5, 0.6) is 0 Å². The maximum absolute atomic E-state index is 13.1. The van der Waals surface area contributed by atoms with Crippen LogP contribution in [0, 0.1) is 25.2 Å². The van der Waals surface area contributed by atoms with Crippen LogP contribution in [0.2, 0.25) is 0 Å². The van der Waals surface area contributed by atoms with Crippen molar-refractivity contribution < 1.29 is 4.79 Å². The van der Waals surface area contributed by atoms with Crippen LogP contribution in [0.15, 0.2) is 36.5 Å². The van der Waals surface area contributed by atoms with E-state index in [0.717, 1.165) is 50.6 Å². The molecular weight excluding hydrogens is 350 g/mol. The molecule has 1 amide bonds. The third kappa shape index (κ3) is 3.46. The summed E-state index contributed by atoms with van der Waals surface area (Å²) in [5.74, 6) is 1.11. The molecule has 6 heteroatoms. The fourth-order valence-corrected chi connectivity index (χ4v) is 4.06. The van der Waals surface area contributed by atoms with E-state index >= 15 is 0 Å². The Bertz CT molecular complexity index is 910. The zero-order valence-corrected chi connectivity index (χ0v) is 16.4. The predicted octanol–water partition coefficient (Wildman–Crippen LogP) is 2.50. The summed E-state index contributed by atoms with van der Waals surface area (Å²) in [6.45, 7) is 8.34. The van der Waals surface area contributed by atoms with Crippen LogP contribution in [0.4, 0.5) is 11.5 Å². The average Bonchev–Trinajstić information content (AvgIpc) is 3.11. The molecule has 2 aliphatic heterocycles. The molecule has 3 heterocycles. The minimum absolute atomic E-state index is 0.0299. The summed E-state index contributed by atoms with van der Waals surface area (Å²) in [5, 5.41) is 8.91. The van der Waals surface area contributed by atoms with Gasteiger partial charge in [0.05, 0.1) is 11.6 Å². The maximum atomic E-state index is 13.1. The number of nitrogens with zero attached hydrogens (tertiary/aromatic N) is 5. The van der Waals surface area contributed by atoms with Crippen LogP contribution >= 0.6 is 0 Å². The lowest BCUT2D eigenvalue weighted by Gasteiger charge is -2.37. The van der Waals surface area contributed by atoms with E-state index in [9.17, 15) is 4.79 Å². The Kier molecular flexibility index (Phi) is 5.01. The Morgan fingerprint density at radius 2 is 1.82 bits per heavy atom. The molecule has 1 atom stereocenters. The Morgan fingerprint density at radius 3 is 2.46 bits per heavy atom. The fourth-order valence-electron chi connectivity index (χ4n) is 4.06. The fraction of sp³-hybridized carbons (Fsp3) is 0.409. The molecule has 6 nitrogen and oxygen atoms in total. The van der Waals surface area contributed by atoms with Crippen LogP contribution in [-0.4, -0.2) is 54.6 Å². The Morgan fingerprint density at radius 1 is 1.04 bits per heavy atom. The number of piperazine rings is 1. The van der Waals surface area contributed by atoms with E-state index in [2.05, 4.69) is 52.9 Å². The molecule has 0 saturated carbocycles. The van der Waals surface area contributed by atoms with E-state index in [-0.39, 0.29) is 11.9 Å². The number of nitriles is 1. The quantitative estimate of drug-likeness (QED) is 0.825. The zero-order chi connectivity index (χ0) is 19.7. The summed E-state index contributed by atoms with van der Waals surface area (Å²) in [5.41, 5.74) is 4.05. The molecule has 144 valence electrons. The lowest BCUT2D eigenvalue weighted by atomic mass is 10.1. The first-order chi connectivity index (χ1) is 13.6. The van der Waals surface area contributed by atoms with Crippen LogP contribution < -0.4 is 9.80 Å². The molecule has 0 radical (unpaired) electrons. The predicted molar refractivity (Wildman–Crippen MR) is 109 cm³/mol. The van der Waals surface area contributed by atoms with Crippen molar-refractivity contribution in [1.82, 2.24) is 9.88 Å². The molecule has 1 unspecified atom stereocenters. The average molecular weight is 375 g/mol. The van der Waals surface area contributed by atoms with Crippen molar-refractivity contribution in [3.05, 3.63) is 53.2 Å². The van der Waals surface area contributed by atoms with Crippen molar-refractivity contribution in [3.63, 3.8) is 0 Å². The smallest absolute Gasteiger partial charge is 0.244 e. The third-order valence-electron chi connectivity index (χ3n) is 5.94. The van der Waals surface area contributed by atoms with E-state index in [0.29, 0.717) is 5.56 Å². The van der Waals surface area contributed by atoms with Crippen molar-refractivity contribution >= 4 is 17.4 Å². The van der Waals surface area contributed by atoms with Gasteiger partial charge in [-0.1, -0.05) is 6.07 Å². The molecule has 2 aliphatic rings. The van der Waals surface area contributed by atoms with E-state index in [1.807, 2.05) is 11.0 Å². The van der Waals surface area contributed by atoms with Crippen molar-refractivity contribution in [2.24, 2.45) is 0 Å². The molecule has 2 saturated heterocycles. The van der Waals surface area contributed by atoms with Gasteiger partial charge in [-0.05, 0) is 55.7 Å². The second kappa shape index (κ2) is 7.61. The van der Waals surface area contributed by atoms with Crippen molar-refractivity contribution in [2.75, 3.05) is 42.5 Å². The summed E-state index contributed by atoms with van der Waals surface area (Å²) in [6, 6.07) is 12.0. The standard InChI is InChI=1S/C22H25N5O/c1-16-3-5-19(13-17(16)2)27-8-7-20(22(27)28)25-9-11-26(12-10-25)21-6-4-18(14-23)15-24-21/h3-6,13,15,20H,7-12H2,1-2H3. The number of anilines is 2. The largest absolute Gasteiger partial charge is 0.354 e. The number of benzene rings is 1. The highest BCUT2D eigenvalue weighted by Gasteiger charge is 2.37. The van der Waals surface area contributed by atoms with Crippen LogP contribution in [0.3, 0.4) is 0 Å². The number of hydrogen-bond donors (Lipinski definition) is 0. The maximum Gasteiger partial charge on any atom is 0.244 e. The number of rotatable bonds is 3. The van der Waals surface area contributed by atoms with Crippen molar-refractivity contribution in [1.29, 1.82) is 5.26 Å². The monoisotopic (exact) mass is 375 g/mol. The SMILES string of the molecule is Cc1ccc(N2CCC(N3CCN(c4ccc(C#N)cn4)CC3)C2=O)cc1C. The first kappa shape index (κ1) is 18.5. The van der Waals surface area contributed by atoms with Crippen molar-refractivity contribution in [2.45, 2.75) is 26.3 Å². The van der Waals surface area contributed by atoms with Gasteiger partial charge in [-0.3, -0.25) is 9.69 Å². The number of carbonyl (C=O) groups excluding carboxylic acids is 1. The van der Waals surface area contributed by atoms with E-state index in [1.165, 1.54) is 11.1 Å². The summed E-state index contributed by atoms with van der Waals surface area (Å²) in [4.78, 5) is 23.9. The molecule has 4 rings (SSSR count). The lowest BCUT2D eigenvalue weighted by Crippen LogP contribution is -2.52. The highest BCUT2D eigenvalue weighted by Crippen LogP contribution is 2.27. The van der Waals surface area contributed by atoms with E-state index in [1.54, 1.807) is 12.3 Å². The van der Waals surface area contributed by atoms with Crippen LogP contribution in [-0.2, 0) is 4.79 Å². The molecule has 28 heavy (non-hydrogen) atoms. The lowest BCUT2D eigenvalue weighted by molar-refractivity contribution is -0.121. The summed E-state index contributed by atoms with van der Waals surface area (Å²) < 4.78 is 0. The number of aromatic nitrogens is 1. The van der Waals surface area contributed by atoms with Gasteiger partial charge in [-0.15, -0.1) is 0 Å². The molecule has 1 aromatic heterocycles. The molecule has 2 fully saturated rings. The van der Waals surface area contributed by atoms with E-state index < -0.39 is 0 Å². The van der Waals surface area contributed by atoms with E-state index in [4.69, 9.17) is 5.26 Å². The number of amides is 1. The summed E-state index contributed by atoms with van der Waals surface area (Å²) in [6.07, 6.45) is 2.49. The summed E-state index contributed by atoms with van der Waals surface area (Å²) >= 11 is 0. The third-order valence-corrected chi connectivity index (χ3v) is 5.94. The normalized spacial score (nSPS) is 20.5. The van der Waals surface area contributed by atoms with Gasteiger partial charge in [0.15, 0.2) is 0 Å². The van der Waals surface area contributed by atoms with Crippen LogP contribution in [0.25, 0.3) is 0 Å². The summed E-state index contributed by atoms with van der Waals surface area (Å²) in [7, 11) is 0. The Hall–Kier alpha value is -2.91. The number of carbonyl (C=O) groups is 1. The Balaban J connectivity index is 1.39. The number of aryl methyl sites for hydroxylation is 2. The minimum Gasteiger partial charge on any atom is -0.354 e. The number of hydrogen-bond acceptors (Lipinski definition) is 5.